The van der Waals surface area contributed by atoms with Gasteiger partial charge in [0.15, 0.2) is 0 Å². The van der Waals surface area contributed by atoms with E-state index < -0.39 is 12.1 Å². The van der Waals surface area contributed by atoms with Crippen LogP contribution in [0.15, 0.2) is 48.5 Å². The van der Waals surface area contributed by atoms with E-state index in [1.165, 1.54) is 55.6 Å². The van der Waals surface area contributed by atoms with E-state index >= 15 is 0 Å². The molecule has 0 radical (unpaired) electrons. The van der Waals surface area contributed by atoms with Gasteiger partial charge in [-0.15, -0.1) is 0 Å². The maximum absolute atomic E-state index is 11.9. The zero-order valence-corrected chi connectivity index (χ0v) is 11.1. The van der Waals surface area contributed by atoms with E-state index in [1.54, 1.807) is 0 Å². The normalized spacial score (nSPS) is 9.76. The van der Waals surface area contributed by atoms with Gasteiger partial charge in [-0.05, 0) is 48.5 Å². The Balaban J connectivity index is 2.02. The molecule has 6 heteroatoms. The summed E-state index contributed by atoms with van der Waals surface area (Å²) in [5.41, 5.74) is 0.292. The molecule has 0 saturated carbocycles. The summed E-state index contributed by atoms with van der Waals surface area (Å²) in [6, 6.07) is 11.6. The number of hydrogen-bond acceptors (Lipinski definition) is 6. The molecule has 0 saturated heterocycles. The number of carbonyl (C=O) groups excluding carboxylic acids is 2. The van der Waals surface area contributed by atoms with Crippen LogP contribution in [0.1, 0.15) is 10.4 Å². The molecule has 21 heavy (non-hydrogen) atoms. The molecule has 2 aromatic carbocycles. The second-order valence-electron chi connectivity index (χ2n) is 3.96. The van der Waals surface area contributed by atoms with Crippen molar-refractivity contribution < 1.29 is 28.9 Å². The Morgan fingerprint density at radius 1 is 0.857 bits per heavy atom. The number of phenolic OH excluding ortho intramolecular Hbond substituents is 1. The highest BCUT2D eigenvalue weighted by Crippen LogP contribution is 2.18. The third kappa shape index (κ3) is 3.97. The molecule has 6 nitrogen and oxygen atoms in total. The standard InChI is InChI=1S/C15H12O6/c1-19-15(18)21-13-6-2-10(3-7-13)14(17)20-12-8-4-11(16)5-9-12/h2-9,16H,1H3. The van der Waals surface area contributed by atoms with Crippen molar-refractivity contribution >= 4 is 12.1 Å². The fraction of sp³-hybridized carbons (Fsp3) is 0.0667. The molecule has 0 aliphatic heterocycles. The van der Waals surface area contributed by atoms with Gasteiger partial charge in [0.05, 0.1) is 12.7 Å². The van der Waals surface area contributed by atoms with Crippen molar-refractivity contribution in [2.45, 2.75) is 0 Å². The Labute approximate surface area is 120 Å². The third-order valence-electron chi connectivity index (χ3n) is 2.51. The summed E-state index contributed by atoms with van der Waals surface area (Å²) < 4.78 is 14.3. The van der Waals surface area contributed by atoms with E-state index in [1.807, 2.05) is 0 Å². The molecule has 0 atom stereocenters. The summed E-state index contributed by atoms with van der Waals surface area (Å²) in [5, 5.41) is 9.14. The quantitative estimate of drug-likeness (QED) is 0.531. The van der Waals surface area contributed by atoms with Crippen molar-refractivity contribution in [3.05, 3.63) is 54.1 Å². The molecule has 0 amide bonds. The van der Waals surface area contributed by atoms with Gasteiger partial charge in [-0.1, -0.05) is 0 Å². The number of methoxy groups -OCH3 is 1. The van der Waals surface area contributed by atoms with Gasteiger partial charge in [-0.25, -0.2) is 9.59 Å². The molecule has 0 bridgehead atoms. The molecule has 0 fully saturated rings. The summed E-state index contributed by atoms with van der Waals surface area (Å²) in [6.07, 6.45) is -0.839. The first kappa shape index (κ1) is 14.4. The average Bonchev–Trinajstić information content (AvgIpc) is 2.50. The summed E-state index contributed by atoms with van der Waals surface area (Å²) in [6.45, 7) is 0. The summed E-state index contributed by atoms with van der Waals surface area (Å²) in [5.74, 6) is 0.0835. The molecule has 0 aliphatic carbocycles. The van der Waals surface area contributed by atoms with E-state index in [2.05, 4.69) is 4.74 Å². The first-order valence-corrected chi connectivity index (χ1v) is 5.95. The van der Waals surface area contributed by atoms with E-state index in [4.69, 9.17) is 14.6 Å². The molecular weight excluding hydrogens is 276 g/mol. The van der Waals surface area contributed by atoms with Crippen LogP contribution in [0.2, 0.25) is 0 Å². The highest BCUT2D eigenvalue weighted by atomic mass is 16.7. The van der Waals surface area contributed by atoms with Gasteiger partial charge in [0.25, 0.3) is 0 Å². The average molecular weight is 288 g/mol. The maximum Gasteiger partial charge on any atom is 0.513 e. The lowest BCUT2D eigenvalue weighted by Gasteiger charge is -2.05. The lowest BCUT2D eigenvalue weighted by atomic mass is 10.2. The fourth-order valence-corrected chi connectivity index (χ4v) is 1.48. The predicted octanol–water partition coefficient (Wildman–Crippen LogP) is 2.76. The maximum atomic E-state index is 11.9. The van der Waals surface area contributed by atoms with Crippen molar-refractivity contribution in [2.75, 3.05) is 7.11 Å². The molecule has 0 unspecified atom stereocenters. The fourth-order valence-electron chi connectivity index (χ4n) is 1.48. The highest BCUT2D eigenvalue weighted by molar-refractivity contribution is 5.91. The minimum Gasteiger partial charge on any atom is -0.508 e. The van der Waals surface area contributed by atoms with Crippen LogP contribution < -0.4 is 9.47 Å². The Morgan fingerprint density at radius 2 is 1.38 bits per heavy atom. The zero-order valence-electron chi connectivity index (χ0n) is 11.1. The van der Waals surface area contributed by atoms with E-state index in [0.29, 0.717) is 11.3 Å². The van der Waals surface area contributed by atoms with E-state index in [0.717, 1.165) is 0 Å². The van der Waals surface area contributed by atoms with Crippen molar-refractivity contribution in [1.29, 1.82) is 0 Å². The van der Waals surface area contributed by atoms with Crippen molar-refractivity contribution in [3.63, 3.8) is 0 Å². The van der Waals surface area contributed by atoms with Crippen LogP contribution in [0.4, 0.5) is 4.79 Å². The summed E-state index contributed by atoms with van der Waals surface area (Å²) in [4.78, 5) is 22.8. The van der Waals surface area contributed by atoms with Gasteiger partial charge in [0.1, 0.15) is 17.2 Å². The zero-order chi connectivity index (χ0) is 15.2. The number of phenols is 1. The topological polar surface area (TPSA) is 82.1 Å². The number of aromatic hydroxyl groups is 1. The van der Waals surface area contributed by atoms with Crippen LogP contribution in [0.3, 0.4) is 0 Å². The van der Waals surface area contributed by atoms with Crippen molar-refractivity contribution in [3.8, 4) is 17.2 Å². The largest absolute Gasteiger partial charge is 0.513 e. The van der Waals surface area contributed by atoms with Crippen LogP contribution in [-0.4, -0.2) is 24.3 Å². The van der Waals surface area contributed by atoms with E-state index in [9.17, 15) is 9.59 Å². The number of hydrogen-bond donors (Lipinski definition) is 1. The van der Waals surface area contributed by atoms with Crippen molar-refractivity contribution in [1.82, 2.24) is 0 Å². The second kappa shape index (κ2) is 6.42. The van der Waals surface area contributed by atoms with E-state index in [-0.39, 0.29) is 11.5 Å². The molecule has 108 valence electrons. The second-order valence-corrected chi connectivity index (χ2v) is 3.96. The number of carbonyl (C=O) groups is 2. The van der Waals surface area contributed by atoms with Gasteiger partial charge in [-0.3, -0.25) is 0 Å². The Bertz CT molecular complexity index is 630. The minimum atomic E-state index is -0.839. The van der Waals surface area contributed by atoms with Crippen LogP contribution in [0.25, 0.3) is 0 Å². The Hall–Kier alpha value is -3.02. The number of esters is 1. The molecule has 0 spiro atoms. The van der Waals surface area contributed by atoms with Gasteiger partial charge in [0.2, 0.25) is 0 Å². The van der Waals surface area contributed by atoms with Crippen LogP contribution in [0.5, 0.6) is 17.2 Å². The molecule has 1 N–H and O–H groups in total. The summed E-state index contributed by atoms with van der Waals surface area (Å²) >= 11 is 0. The number of benzene rings is 2. The highest BCUT2D eigenvalue weighted by Gasteiger charge is 2.10. The Morgan fingerprint density at radius 3 is 1.95 bits per heavy atom. The van der Waals surface area contributed by atoms with Crippen LogP contribution in [-0.2, 0) is 4.74 Å². The third-order valence-corrected chi connectivity index (χ3v) is 2.51. The molecule has 2 aromatic rings. The lowest BCUT2D eigenvalue weighted by molar-refractivity contribution is 0.0734. The first-order valence-electron chi connectivity index (χ1n) is 5.95. The van der Waals surface area contributed by atoms with Crippen LogP contribution in [0, 0.1) is 0 Å². The lowest BCUT2D eigenvalue weighted by Crippen LogP contribution is -2.09. The first-order chi connectivity index (χ1) is 10.1. The minimum absolute atomic E-state index is 0.0825. The molecule has 2 rings (SSSR count). The van der Waals surface area contributed by atoms with Crippen molar-refractivity contribution in [2.24, 2.45) is 0 Å². The van der Waals surface area contributed by atoms with Gasteiger partial charge in [-0.2, -0.15) is 0 Å². The van der Waals surface area contributed by atoms with Gasteiger partial charge >= 0.3 is 12.1 Å². The SMILES string of the molecule is COC(=O)Oc1ccc(C(=O)Oc2ccc(O)cc2)cc1. The monoisotopic (exact) mass is 288 g/mol. The molecule has 0 heterocycles. The predicted molar refractivity (Wildman–Crippen MR) is 72.5 cm³/mol. The molecular formula is C15H12O6. The van der Waals surface area contributed by atoms with Gasteiger partial charge in [0, 0.05) is 0 Å². The number of rotatable bonds is 3. The smallest absolute Gasteiger partial charge is 0.508 e. The molecule has 0 aromatic heterocycles. The molecule has 0 aliphatic rings. The Kier molecular flexibility index (Phi) is 4.40. The van der Waals surface area contributed by atoms with Gasteiger partial charge < -0.3 is 19.3 Å². The number of ether oxygens (including phenoxy) is 3. The van der Waals surface area contributed by atoms with Crippen LogP contribution >= 0.6 is 0 Å². The summed E-state index contributed by atoms with van der Waals surface area (Å²) in [7, 11) is 1.20.